The zero-order valence-corrected chi connectivity index (χ0v) is 39.5. The average molecular weight is 911 g/mol. The van der Waals surface area contributed by atoms with Gasteiger partial charge >= 0.3 is 212 Å². The van der Waals surface area contributed by atoms with Gasteiger partial charge in [0.1, 0.15) is 0 Å². The van der Waals surface area contributed by atoms with Gasteiger partial charge in [0, 0.05) is 85.0 Å². The van der Waals surface area contributed by atoms with Crippen LogP contribution in [0, 0.1) is 0 Å². The Kier molecular flexibility index (Phi) is 17.8. The summed E-state index contributed by atoms with van der Waals surface area (Å²) in [6.07, 6.45) is 15.0. The van der Waals surface area contributed by atoms with Gasteiger partial charge in [-0.25, -0.2) is 0 Å². The molecule has 9 N–H and O–H groups in total. The van der Waals surface area contributed by atoms with E-state index in [2.05, 4.69) is 143 Å². The number of amides is 1. The van der Waals surface area contributed by atoms with Crippen molar-refractivity contribution in [3.8, 4) is 0 Å². The first kappa shape index (κ1) is 48.5. The van der Waals surface area contributed by atoms with Crippen LogP contribution in [0.4, 0.5) is 5.69 Å². The van der Waals surface area contributed by atoms with Gasteiger partial charge in [-0.2, -0.15) is 0 Å². The Balaban J connectivity index is 1.08. The number of nitrogens with zero attached hydrogens (tertiary/aromatic N) is 1. The molecule has 0 unspecified atom stereocenters. The van der Waals surface area contributed by atoms with Gasteiger partial charge in [-0.1, -0.05) is 18.6 Å². The van der Waals surface area contributed by atoms with E-state index in [4.69, 9.17) is 32.4 Å². The molecule has 4 aliphatic heterocycles. The summed E-state index contributed by atoms with van der Waals surface area (Å²) in [5, 5.41) is 25.9. The number of nitrogens with two attached hydrogens (primary N) is 1. The van der Waals surface area contributed by atoms with Crippen molar-refractivity contribution in [1.29, 1.82) is 0 Å². The quantitative estimate of drug-likeness (QED) is 0.107. The molecule has 0 atom stereocenters. The van der Waals surface area contributed by atoms with Crippen molar-refractivity contribution in [2.75, 3.05) is 90.0 Å². The van der Waals surface area contributed by atoms with Gasteiger partial charge in [0.2, 0.25) is 5.91 Å². The molecule has 62 heavy (non-hydrogen) atoms. The van der Waals surface area contributed by atoms with Crippen LogP contribution in [0.5, 0.6) is 0 Å². The number of hydrogen-bond acceptors (Lipinski definition) is 9. The van der Waals surface area contributed by atoms with Crippen LogP contribution in [-0.2, 0) is 30.7 Å². The van der Waals surface area contributed by atoms with Crippen LogP contribution < -0.4 is 47.9 Å². The number of unbranched alkanes of at least 4 members (excludes halogenated alkanes) is 2. The first-order chi connectivity index (χ1) is 29.8. The van der Waals surface area contributed by atoms with Crippen molar-refractivity contribution in [1.82, 2.24) is 37.2 Å². The monoisotopic (exact) mass is 910 g/mol. The van der Waals surface area contributed by atoms with Crippen molar-refractivity contribution in [2.45, 2.75) is 94.5 Å². The molecular formula is C50H74ClN9NiO. The summed E-state index contributed by atoms with van der Waals surface area (Å²) < 4.78 is 0.938. The Morgan fingerprint density at radius 2 is 1.39 bits per heavy atom. The molecule has 0 aromatic heterocycles. The van der Waals surface area contributed by atoms with Crippen LogP contribution >= 0.6 is 11.6 Å². The number of fused-ring (bicyclic) bond motifs is 16. The number of nitrogens with one attached hydrogen (secondary N) is 7. The molecule has 10 nitrogen and oxygen atoms in total. The Morgan fingerprint density at radius 1 is 0.806 bits per heavy atom. The first-order valence-electron chi connectivity index (χ1n) is 23.1. The molecule has 0 saturated carbocycles. The molecule has 2 aromatic rings. The third-order valence-corrected chi connectivity index (χ3v) is 14.4. The molecule has 0 radical (unpaired) electrons. The zero-order valence-electron chi connectivity index (χ0n) is 37.8. The molecule has 5 aliphatic rings. The van der Waals surface area contributed by atoms with Gasteiger partial charge in [0.05, 0.1) is 11.1 Å². The second kappa shape index (κ2) is 22.8. The molecule has 3 fully saturated rings. The maximum absolute atomic E-state index is 13.7. The van der Waals surface area contributed by atoms with Crippen LogP contribution in [0.1, 0.15) is 83.8 Å². The van der Waals surface area contributed by atoms with Crippen LogP contribution in [0.2, 0.25) is 0 Å². The third-order valence-electron chi connectivity index (χ3n) is 13.1. The molecule has 0 spiro atoms. The fourth-order valence-electron chi connectivity index (χ4n) is 9.25. The van der Waals surface area contributed by atoms with E-state index in [0.29, 0.717) is 26.1 Å². The normalized spacial score (nSPS) is 25.8. The Labute approximate surface area is 385 Å². The molecule has 1 aliphatic carbocycles. The van der Waals surface area contributed by atoms with E-state index in [0.717, 1.165) is 119 Å². The second-order valence-electron chi connectivity index (χ2n) is 18.9. The molecule has 2 bridgehead atoms. The predicted molar refractivity (Wildman–Crippen MR) is 257 cm³/mol. The number of para-hydroxylation sites is 1. The number of benzene rings is 2. The van der Waals surface area contributed by atoms with Crippen molar-refractivity contribution >= 4 is 27.7 Å². The van der Waals surface area contributed by atoms with Gasteiger partial charge in [0.25, 0.3) is 0 Å². The number of halogens is 1. The zero-order chi connectivity index (χ0) is 44.1. The Bertz CT molecular complexity index is 1900. The van der Waals surface area contributed by atoms with E-state index in [1.54, 1.807) is 0 Å². The summed E-state index contributed by atoms with van der Waals surface area (Å²) in [5.41, 5.74) is 13.0. The minimum absolute atomic E-state index is 0.105. The first-order valence-corrected chi connectivity index (χ1v) is 24.0. The van der Waals surface area contributed by atoms with E-state index in [1.807, 2.05) is 6.07 Å². The average Bonchev–Trinajstić information content (AvgIpc) is 3.47. The van der Waals surface area contributed by atoms with Gasteiger partial charge in [0.15, 0.2) is 0 Å². The van der Waals surface area contributed by atoms with Crippen LogP contribution in [0.15, 0.2) is 101 Å². The Hall–Kier alpha value is -2.96. The summed E-state index contributed by atoms with van der Waals surface area (Å²) in [5.74, 6) is 0.105. The summed E-state index contributed by atoms with van der Waals surface area (Å²) in [7, 11) is 0. The molecule has 3 saturated heterocycles. The Morgan fingerprint density at radius 3 is 2.02 bits per heavy atom. The van der Waals surface area contributed by atoms with Crippen LogP contribution in [0.25, 0.3) is 0 Å². The van der Waals surface area contributed by atoms with E-state index in [9.17, 15) is 4.79 Å². The number of anilines is 1. The number of hydrogen-bond donors (Lipinski definition) is 8. The molecule has 342 valence electrons. The number of carbonyl (C=O) groups excluding carboxylic acids is 1. The molecular weight excluding hydrogens is 837 g/mol. The number of carbonyl (C=O) groups is 1. The fourth-order valence-corrected chi connectivity index (χ4v) is 9.79. The van der Waals surface area contributed by atoms with Crippen molar-refractivity contribution < 1.29 is 19.8 Å². The van der Waals surface area contributed by atoms with Crippen molar-refractivity contribution in [2.24, 2.45) is 5.73 Å². The molecule has 2 aromatic carbocycles. The van der Waals surface area contributed by atoms with Crippen LogP contribution in [0.3, 0.4) is 0 Å². The number of allylic oxidation sites excluding steroid dienone is 8. The van der Waals surface area contributed by atoms with Crippen molar-refractivity contribution in [3.63, 3.8) is 0 Å². The maximum atomic E-state index is 13.7. The summed E-state index contributed by atoms with van der Waals surface area (Å²) in [6, 6.07) is 19.3. The SMILES string of the molecule is CC(C)([C](=[Ni])/C=C/C1=C(Cl)C(=C/C=C2/N(CCCCCC(=O)NC34CNCCNCC(N)(CNCCNC3)CNCCNC4)c3ccccc3C2(C)C)/CCC1)c1ccccc1. The van der Waals surface area contributed by atoms with Gasteiger partial charge in [-0.05, 0) is 6.42 Å². The van der Waals surface area contributed by atoms with Crippen LogP contribution in [-0.4, -0.2) is 107 Å². The summed E-state index contributed by atoms with van der Waals surface area (Å²) >= 11 is 12.8. The van der Waals surface area contributed by atoms with E-state index >= 15 is 0 Å². The van der Waals surface area contributed by atoms with E-state index < -0.39 is 5.54 Å². The van der Waals surface area contributed by atoms with Gasteiger partial charge in [-0.3, -0.25) is 4.79 Å². The predicted octanol–water partition coefficient (Wildman–Crippen LogP) is 5.20. The van der Waals surface area contributed by atoms with Gasteiger partial charge in [-0.15, -0.1) is 0 Å². The van der Waals surface area contributed by atoms with Gasteiger partial charge < -0.3 is 43.0 Å². The molecule has 12 heteroatoms. The summed E-state index contributed by atoms with van der Waals surface area (Å²) in [6.45, 7) is 18.9. The van der Waals surface area contributed by atoms with E-state index in [-0.39, 0.29) is 22.3 Å². The fraction of sp³-hybridized carbons (Fsp3) is 0.560. The molecule has 7 rings (SSSR count). The topological polar surface area (TPSA) is 131 Å². The third kappa shape index (κ3) is 12.9. The molecule has 4 heterocycles. The number of rotatable bonds is 12. The minimum atomic E-state index is -0.456. The standard InChI is InChI=1S/C50H74ClN9O.Ni/c1-47(2,41-18-7-5-8-19-41)25-14-17-39-15-13-16-40(46(39)51)23-24-44-48(3,4)42-20-10-11-21-43(42)60(44)32-12-6-9-22-45(61)59-50-36-56-29-26-53-33-49(52,34-54-27-30-57-37-50)35-55-28-31-58-38-50;/h5,7-8,10-11,14,17-21,23-24,53-58H,6,9,12-13,15-16,22,26-38,52H2,1-4H3,(H,59,61);/b17-14+,40-23+,44-24+;. The summed E-state index contributed by atoms with van der Waals surface area (Å²) in [4.78, 5) is 16.2. The molecule has 1 amide bonds. The second-order valence-corrected chi connectivity index (χ2v) is 19.8. The van der Waals surface area contributed by atoms with Crippen molar-refractivity contribution in [3.05, 3.63) is 112 Å². The van der Waals surface area contributed by atoms with E-state index in [1.165, 1.54) is 28.1 Å².